The van der Waals surface area contributed by atoms with Crippen molar-refractivity contribution >= 4 is 11.8 Å². The molecule has 0 aliphatic carbocycles. The molecule has 4 rings (SSSR count). The largest absolute Gasteiger partial charge is 0.459 e. The molecule has 2 heterocycles. The van der Waals surface area contributed by atoms with Gasteiger partial charge < -0.3 is 15.1 Å². The minimum Gasteiger partial charge on any atom is -0.459 e. The topological polar surface area (TPSA) is 74.6 Å². The van der Waals surface area contributed by atoms with Crippen LogP contribution in [0, 0.1) is 0 Å². The van der Waals surface area contributed by atoms with Gasteiger partial charge in [0.05, 0.1) is 12.3 Å². The van der Waals surface area contributed by atoms with E-state index >= 15 is 0 Å². The second kappa shape index (κ2) is 10.8. The molecule has 0 saturated carbocycles. The van der Waals surface area contributed by atoms with E-state index in [2.05, 4.69) is 27.7 Å². The molecular weight excluding hydrogens is 402 g/mol. The van der Waals surface area contributed by atoms with Crippen molar-refractivity contribution in [3.63, 3.8) is 0 Å². The molecule has 166 valence electrons. The van der Waals surface area contributed by atoms with Crippen LogP contribution in [-0.2, 0) is 11.2 Å². The highest BCUT2D eigenvalue weighted by Gasteiger charge is 2.27. The normalized spacial score (nSPS) is 15.8. The van der Waals surface area contributed by atoms with E-state index in [1.807, 2.05) is 48.5 Å². The Kier molecular flexibility index (Phi) is 7.35. The van der Waals surface area contributed by atoms with Crippen molar-refractivity contribution in [3.05, 3.63) is 95.9 Å². The Hall–Kier alpha value is -3.38. The lowest BCUT2D eigenvalue weighted by molar-refractivity contribution is -0.123. The molecule has 6 nitrogen and oxygen atoms in total. The maximum Gasteiger partial charge on any atom is 0.287 e. The molecule has 1 aliphatic heterocycles. The molecule has 1 aliphatic rings. The van der Waals surface area contributed by atoms with Crippen molar-refractivity contribution in [1.82, 2.24) is 15.5 Å². The average molecular weight is 432 g/mol. The number of hydrogen-bond acceptors (Lipinski definition) is 4. The Balaban J connectivity index is 1.47. The van der Waals surface area contributed by atoms with Gasteiger partial charge in [0.2, 0.25) is 5.91 Å². The Labute approximate surface area is 188 Å². The quantitative estimate of drug-likeness (QED) is 0.543. The first-order chi connectivity index (χ1) is 15.7. The highest BCUT2D eigenvalue weighted by molar-refractivity contribution is 5.95. The Morgan fingerprint density at radius 3 is 2.25 bits per heavy atom. The molecule has 1 fully saturated rings. The Morgan fingerprint density at radius 1 is 0.906 bits per heavy atom. The van der Waals surface area contributed by atoms with Crippen LogP contribution < -0.4 is 10.6 Å². The lowest BCUT2D eigenvalue weighted by atomic mass is 10.0. The zero-order valence-electron chi connectivity index (χ0n) is 18.1. The number of nitrogens with one attached hydrogen (secondary N) is 2. The van der Waals surface area contributed by atoms with E-state index in [0.29, 0.717) is 13.0 Å². The van der Waals surface area contributed by atoms with E-state index in [9.17, 15) is 9.59 Å². The predicted molar refractivity (Wildman–Crippen MR) is 123 cm³/mol. The Morgan fingerprint density at radius 2 is 1.59 bits per heavy atom. The van der Waals surface area contributed by atoms with Gasteiger partial charge in [-0.2, -0.15) is 0 Å². The van der Waals surface area contributed by atoms with Crippen molar-refractivity contribution in [2.24, 2.45) is 0 Å². The minimum atomic E-state index is -0.704. The van der Waals surface area contributed by atoms with Gasteiger partial charge >= 0.3 is 0 Å². The second-order valence-electron chi connectivity index (χ2n) is 8.11. The lowest BCUT2D eigenvalue weighted by Crippen LogP contribution is -2.49. The maximum absolute atomic E-state index is 13.2. The van der Waals surface area contributed by atoms with Crippen molar-refractivity contribution in [2.75, 3.05) is 19.6 Å². The average Bonchev–Trinajstić information content (AvgIpc) is 3.55. The summed E-state index contributed by atoms with van der Waals surface area (Å²) >= 11 is 0. The first-order valence-electron chi connectivity index (χ1n) is 11.2. The maximum atomic E-state index is 13.2. The molecule has 0 radical (unpaired) electrons. The monoisotopic (exact) mass is 431 g/mol. The first kappa shape index (κ1) is 21.8. The van der Waals surface area contributed by atoms with Crippen molar-refractivity contribution < 1.29 is 14.0 Å². The predicted octanol–water partition coefficient (Wildman–Crippen LogP) is 3.57. The smallest absolute Gasteiger partial charge is 0.287 e. The summed E-state index contributed by atoms with van der Waals surface area (Å²) in [6.07, 6.45) is 4.20. The fraction of sp³-hybridized carbons (Fsp3) is 0.308. The van der Waals surface area contributed by atoms with Crippen LogP contribution in [0.2, 0.25) is 0 Å². The van der Waals surface area contributed by atoms with Crippen LogP contribution in [0.1, 0.15) is 40.6 Å². The fourth-order valence-corrected chi connectivity index (χ4v) is 4.20. The van der Waals surface area contributed by atoms with Crippen LogP contribution in [-0.4, -0.2) is 42.4 Å². The van der Waals surface area contributed by atoms with Gasteiger partial charge in [-0.1, -0.05) is 60.7 Å². The fourth-order valence-electron chi connectivity index (χ4n) is 4.20. The van der Waals surface area contributed by atoms with Crippen LogP contribution in [0.4, 0.5) is 0 Å². The van der Waals surface area contributed by atoms with E-state index in [1.54, 1.807) is 12.1 Å². The molecule has 3 aromatic rings. The molecule has 2 unspecified atom stereocenters. The number of amides is 2. The number of furan rings is 1. The summed E-state index contributed by atoms with van der Waals surface area (Å²) in [5, 5.41) is 5.95. The molecule has 0 bridgehead atoms. The number of rotatable bonds is 9. The summed E-state index contributed by atoms with van der Waals surface area (Å²) in [4.78, 5) is 28.2. The zero-order valence-corrected chi connectivity index (χ0v) is 18.1. The number of carbonyl (C=O) groups is 2. The summed E-state index contributed by atoms with van der Waals surface area (Å²) in [5.41, 5.74) is 2.17. The van der Waals surface area contributed by atoms with E-state index in [4.69, 9.17) is 4.42 Å². The molecule has 0 spiro atoms. The highest BCUT2D eigenvalue weighted by Crippen LogP contribution is 2.24. The second-order valence-corrected chi connectivity index (χ2v) is 8.11. The number of hydrogen-bond donors (Lipinski definition) is 2. The number of nitrogens with zero attached hydrogens (tertiary/aromatic N) is 1. The molecule has 6 heteroatoms. The van der Waals surface area contributed by atoms with Crippen LogP contribution in [0.5, 0.6) is 0 Å². The summed E-state index contributed by atoms with van der Waals surface area (Å²) in [5.74, 6) is -0.408. The lowest BCUT2D eigenvalue weighted by Gasteiger charge is -2.29. The third-order valence-electron chi connectivity index (χ3n) is 5.88. The van der Waals surface area contributed by atoms with E-state index in [-0.39, 0.29) is 17.7 Å². The van der Waals surface area contributed by atoms with Gasteiger partial charge in [-0.15, -0.1) is 0 Å². The molecule has 2 aromatic carbocycles. The van der Waals surface area contributed by atoms with Crippen LogP contribution in [0.15, 0.2) is 83.5 Å². The minimum absolute atomic E-state index is 0.112. The number of likely N-dealkylation sites (tertiary alicyclic amines) is 1. The van der Waals surface area contributed by atoms with E-state index in [0.717, 1.165) is 18.7 Å². The standard InChI is InChI=1S/C26H29N3O3/c30-25(27-19-23(29-15-7-8-16-29)21-12-5-2-6-13-21)22(18-20-10-3-1-4-11-20)28-26(31)24-14-9-17-32-24/h1-6,9-14,17,22-23H,7-8,15-16,18-19H2,(H,27,30)(H,28,31). The molecule has 2 atom stereocenters. The van der Waals surface area contributed by atoms with Crippen LogP contribution >= 0.6 is 0 Å². The van der Waals surface area contributed by atoms with Gasteiger partial charge in [-0.3, -0.25) is 14.5 Å². The van der Waals surface area contributed by atoms with Gasteiger partial charge in [0.15, 0.2) is 5.76 Å². The summed E-state index contributed by atoms with van der Waals surface area (Å²) < 4.78 is 5.20. The first-order valence-corrected chi connectivity index (χ1v) is 11.2. The summed E-state index contributed by atoms with van der Waals surface area (Å²) in [6, 6.07) is 22.6. The highest BCUT2D eigenvalue weighted by atomic mass is 16.3. The van der Waals surface area contributed by atoms with E-state index < -0.39 is 11.9 Å². The van der Waals surface area contributed by atoms with Crippen LogP contribution in [0.3, 0.4) is 0 Å². The van der Waals surface area contributed by atoms with Crippen molar-refractivity contribution in [2.45, 2.75) is 31.3 Å². The summed E-state index contributed by atoms with van der Waals surface area (Å²) in [7, 11) is 0. The van der Waals surface area contributed by atoms with Gasteiger partial charge in [-0.05, 0) is 49.2 Å². The summed E-state index contributed by atoms with van der Waals surface area (Å²) in [6.45, 7) is 2.54. The van der Waals surface area contributed by atoms with Crippen molar-refractivity contribution in [1.29, 1.82) is 0 Å². The SMILES string of the molecule is O=C(NC(Cc1ccccc1)C(=O)NCC(c1ccccc1)N1CCCC1)c1ccco1. The molecule has 32 heavy (non-hydrogen) atoms. The Bertz CT molecular complexity index is 984. The van der Waals surface area contributed by atoms with Crippen LogP contribution in [0.25, 0.3) is 0 Å². The van der Waals surface area contributed by atoms with Crippen molar-refractivity contribution in [3.8, 4) is 0 Å². The molecule has 1 aromatic heterocycles. The number of carbonyl (C=O) groups excluding carboxylic acids is 2. The molecule has 1 saturated heterocycles. The number of benzene rings is 2. The molecular formula is C26H29N3O3. The molecule has 2 amide bonds. The van der Waals surface area contributed by atoms with Gasteiger partial charge in [0, 0.05) is 13.0 Å². The van der Waals surface area contributed by atoms with E-state index in [1.165, 1.54) is 24.7 Å². The third-order valence-corrected chi connectivity index (χ3v) is 5.88. The van der Waals surface area contributed by atoms with Gasteiger partial charge in [0.1, 0.15) is 6.04 Å². The zero-order chi connectivity index (χ0) is 22.2. The van der Waals surface area contributed by atoms with Gasteiger partial charge in [-0.25, -0.2) is 0 Å². The molecule has 2 N–H and O–H groups in total. The van der Waals surface area contributed by atoms with Gasteiger partial charge in [0.25, 0.3) is 5.91 Å². The third kappa shape index (κ3) is 5.65.